The van der Waals surface area contributed by atoms with Crippen LogP contribution in [0.3, 0.4) is 0 Å². The molecule has 102 valence electrons. The van der Waals surface area contributed by atoms with Crippen LogP contribution in [0, 0.1) is 0 Å². The summed E-state index contributed by atoms with van der Waals surface area (Å²) in [5.74, 6) is -0.299. The van der Waals surface area contributed by atoms with E-state index in [1.807, 2.05) is 30.3 Å². The molecular weight excluding hydrogens is 248 g/mol. The summed E-state index contributed by atoms with van der Waals surface area (Å²) in [4.78, 5) is 23.9. The van der Waals surface area contributed by atoms with Crippen molar-refractivity contribution in [2.24, 2.45) is 0 Å². The van der Waals surface area contributed by atoms with Crippen LogP contribution in [0.2, 0.25) is 0 Å². The van der Waals surface area contributed by atoms with Crippen molar-refractivity contribution in [3.63, 3.8) is 0 Å². The number of nitrogens with one attached hydrogen (secondary N) is 1. The van der Waals surface area contributed by atoms with Gasteiger partial charge in [0.15, 0.2) is 0 Å². The Bertz CT molecular complexity index is 445. The quantitative estimate of drug-likeness (QED) is 0.819. The fourth-order valence-electron chi connectivity index (χ4n) is 1.76. The molecule has 0 saturated carbocycles. The minimum atomic E-state index is -1.11. The van der Waals surface area contributed by atoms with Gasteiger partial charge < -0.3 is 15.2 Å². The van der Waals surface area contributed by atoms with E-state index in [0.717, 1.165) is 10.5 Å². The van der Waals surface area contributed by atoms with Gasteiger partial charge in [-0.1, -0.05) is 30.3 Å². The lowest BCUT2D eigenvalue weighted by atomic mass is 10.2. The largest absolute Gasteiger partial charge is 0.465 e. The van der Waals surface area contributed by atoms with Crippen molar-refractivity contribution in [3.05, 3.63) is 35.9 Å². The Hall–Kier alpha value is -2.08. The number of benzene rings is 1. The van der Waals surface area contributed by atoms with Crippen molar-refractivity contribution in [3.8, 4) is 0 Å². The Balaban J connectivity index is 1.88. The van der Waals surface area contributed by atoms with Crippen molar-refractivity contribution >= 4 is 12.0 Å². The molecule has 1 fully saturated rings. The smallest absolute Gasteiger partial charge is 0.408 e. The first-order chi connectivity index (χ1) is 9.15. The van der Waals surface area contributed by atoms with Crippen LogP contribution in [0.5, 0.6) is 0 Å². The Morgan fingerprint density at radius 3 is 2.53 bits per heavy atom. The minimum absolute atomic E-state index is 0.0138. The number of rotatable bonds is 5. The lowest BCUT2D eigenvalue weighted by Gasteiger charge is -2.28. The molecule has 6 nitrogen and oxygen atoms in total. The van der Waals surface area contributed by atoms with Crippen LogP contribution in [-0.2, 0) is 16.1 Å². The Morgan fingerprint density at radius 1 is 1.32 bits per heavy atom. The monoisotopic (exact) mass is 264 g/mol. The standard InChI is InChI=1S/C13H16N2O4/c16-12(14-11-8-19-9-11)7-15(13(17)18)6-10-4-2-1-3-5-10/h1-5,11H,6-9H2,(H,14,16)(H,17,18). The maximum absolute atomic E-state index is 11.7. The number of carbonyl (C=O) groups is 2. The Labute approximate surface area is 111 Å². The zero-order valence-electron chi connectivity index (χ0n) is 10.4. The first-order valence-corrected chi connectivity index (χ1v) is 6.04. The molecule has 0 bridgehead atoms. The fraction of sp³-hybridized carbons (Fsp3) is 0.385. The highest BCUT2D eigenvalue weighted by Gasteiger charge is 2.23. The van der Waals surface area contributed by atoms with Crippen molar-refractivity contribution in [1.29, 1.82) is 0 Å². The minimum Gasteiger partial charge on any atom is -0.465 e. The lowest BCUT2D eigenvalue weighted by molar-refractivity contribution is -0.126. The van der Waals surface area contributed by atoms with Crippen LogP contribution in [0.25, 0.3) is 0 Å². The van der Waals surface area contributed by atoms with Gasteiger partial charge >= 0.3 is 6.09 Å². The van der Waals surface area contributed by atoms with Gasteiger partial charge in [-0.3, -0.25) is 9.69 Å². The van der Waals surface area contributed by atoms with Gasteiger partial charge in [0.2, 0.25) is 5.91 Å². The number of nitrogens with zero attached hydrogens (tertiary/aromatic N) is 1. The van der Waals surface area contributed by atoms with Gasteiger partial charge in [-0.05, 0) is 5.56 Å². The third kappa shape index (κ3) is 3.96. The highest BCUT2D eigenvalue weighted by molar-refractivity contribution is 5.82. The number of carboxylic acid groups (broad SMARTS) is 1. The van der Waals surface area contributed by atoms with Gasteiger partial charge in [0.25, 0.3) is 0 Å². The summed E-state index contributed by atoms with van der Waals surface area (Å²) in [5.41, 5.74) is 0.852. The summed E-state index contributed by atoms with van der Waals surface area (Å²) < 4.78 is 4.94. The molecule has 19 heavy (non-hydrogen) atoms. The predicted octanol–water partition coefficient (Wildman–Crippen LogP) is 0.682. The average molecular weight is 264 g/mol. The van der Waals surface area contributed by atoms with E-state index in [1.165, 1.54) is 0 Å². The van der Waals surface area contributed by atoms with Gasteiger partial charge in [0, 0.05) is 6.54 Å². The molecule has 1 aromatic carbocycles. The lowest BCUT2D eigenvalue weighted by Crippen LogP contribution is -2.51. The predicted molar refractivity (Wildman–Crippen MR) is 67.6 cm³/mol. The highest BCUT2D eigenvalue weighted by atomic mass is 16.5. The van der Waals surface area contributed by atoms with Crippen LogP contribution in [0.1, 0.15) is 5.56 Å². The molecule has 1 aliphatic rings. The van der Waals surface area contributed by atoms with Crippen LogP contribution >= 0.6 is 0 Å². The topological polar surface area (TPSA) is 78.9 Å². The van der Waals surface area contributed by atoms with Crippen LogP contribution < -0.4 is 5.32 Å². The van der Waals surface area contributed by atoms with Crippen molar-refractivity contribution in [2.75, 3.05) is 19.8 Å². The first kappa shape index (κ1) is 13.4. The summed E-state index contributed by atoms with van der Waals surface area (Å²) in [6.07, 6.45) is -1.11. The van der Waals surface area contributed by atoms with Crippen LogP contribution in [0.4, 0.5) is 4.79 Å². The van der Waals surface area contributed by atoms with E-state index in [9.17, 15) is 9.59 Å². The molecular formula is C13H16N2O4. The first-order valence-electron chi connectivity index (χ1n) is 6.04. The van der Waals surface area contributed by atoms with E-state index in [-0.39, 0.29) is 25.0 Å². The van der Waals surface area contributed by atoms with Gasteiger partial charge in [0.1, 0.15) is 6.54 Å². The van der Waals surface area contributed by atoms with Crippen LogP contribution in [-0.4, -0.2) is 47.8 Å². The maximum atomic E-state index is 11.7. The molecule has 1 aliphatic heterocycles. The summed E-state index contributed by atoms with van der Waals surface area (Å²) in [7, 11) is 0. The summed E-state index contributed by atoms with van der Waals surface area (Å²) >= 11 is 0. The zero-order valence-corrected chi connectivity index (χ0v) is 10.4. The highest BCUT2D eigenvalue weighted by Crippen LogP contribution is 2.05. The molecule has 2 amide bonds. The van der Waals surface area contributed by atoms with E-state index >= 15 is 0 Å². The molecule has 2 N–H and O–H groups in total. The molecule has 1 aromatic rings. The second kappa shape index (κ2) is 6.19. The van der Waals surface area contributed by atoms with E-state index in [2.05, 4.69) is 5.32 Å². The Kier molecular flexibility index (Phi) is 4.35. The van der Waals surface area contributed by atoms with Gasteiger partial charge in [-0.2, -0.15) is 0 Å². The average Bonchev–Trinajstić information content (AvgIpc) is 2.34. The second-order valence-corrected chi connectivity index (χ2v) is 4.43. The third-order valence-electron chi connectivity index (χ3n) is 2.82. The number of ether oxygens (including phenoxy) is 1. The molecule has 0 aliphatic carbocycles. The number of hydrogen-bond acceptors (Lipinski definition) is 3. The third-order valence-corrected chi connectivity index (χ3v) is 2.82. The molecule has 0 spiro atoms. The SMILES string of the molecule is O=C(CN(Cc1ccccc1)C(=O)O)NC1COC1. The van der Waals surface area contributed by atoms with E-state index in [4.69, 9.17) is 9.84 Å². The summed E-state index contributed by atoms with van der Waals surface area (Å²) in [6.45, 7) is 1.03. The molecule has 0 atom stereocenters. The van der Waals surface area contributed by atoms with Crippen molar-refractivity contribution in [1.82, 2.24) is 10.2 Å². The van der Waals surface area contributed by atoms with Crippen molar-refractivity contribution in [2.45, 2.75) is 12.6 Å². The van der Waals surface area contributed by atoms with Crippen LogP contribution in [0.15, 0.2) is 30.3 Å². The number of carbonyl (C=O) groups excluding carboxylic acids is 1. The fourth-order valence-corrected chi connectivity index (χ4v) is 1.76. The van der Waals surface area contributed by atoms with Crippen molar-refractivity contribution < 1.29 is 19.4 Å². The number of amides is 2. The molecule has 0 radical (unpaired) electrons. The van der Waals surface area contributed by atoms with E-state index < -0.39 is 6.09 Å². The van der Waals surface area contributed by atoms with Gasteiger partial charge in [-0.15, -0.1) is 0 Å². The molecule has 0 aromatic heterocycles. The molecule has 1 heterocycles. The summed E-state index contributed by atoms with van der Waals surface area (Å²) in [6, 6.07) is 9.20. The molecule has 1 saturated heterocycles. The van der Waals surface area contributed by atoms with Gasteiger partial charge in [-0.25, -0.2) is 4.79 Å². The molecule has 0 unspecified atom stereocenters. The summed E-state index contributed by atoms with van der Waals surface area (Å²) in [5, 5.41) is 11.8. The van der Waals surface area contributed by atoms with Gasteiger partial charge in [0.05, 0.1) is 19.3 Å². The van der Waals surface area contributed by atoms with E-state index in [0.29, 0.717) is 13.2 Å². The Morgan fingerprint density at radius 2 is 2.00 bits per heavy atom. The molecule has 6 heteroatoms. The van der Waals surface area contributed by atoms with E-state index in [1.54, 1.807) is 0 Å². The normalized spacial score (nSPS) is 14.5. The molecule has 2 rings (SSSR count). The zero-order chi connectivity index (χ0) is 13.7. The maximum Gasteiger partial charge on any atom is 0.408 e. The second-order valence-electron chi connectivity index (χ2n) is 4.43. The number of hydrogen-bond donors (Lipinski definition) is 2.